The molecule has 0 aliphatic carbocycles. The monoisotopic (exact) mass is 320 g/mol. The van der Waals surface area contributed by atoms with E-state index in [1.54, 1.807) is 13.8 Å². The van der Waals surface area contributed by atoms with Gasteiger partial charge in [-0.15, -0.1) is 0 Å². The maximum Gasteiger partial charge on any atom is 0.257 e. The average molecular weight is 320 g/mol. The molecule has 1 amide bonds. The molecule has 1 aromatic heterocycles. The molecule has 4 heteroatoms. The number of benzene rings is 2. The highest BCUT2D eigenvalue weighted by atomic mass is 16.5. The summed E-state index contributed by atoms with van der Waals surface area (Å²) in [6, 6.07) is 18.3. The van der Waals surface area contributed by atoms with Gasteiger partial charge >= 0.3 is 0 Å². The second-order valence-corrected chi connectivity index (χ2v) is 5.88. The highest BCUT2D eigenvalue weighted by Gasteiger charge is 2.19. The third kappa shape index (κ3) is 3.23. The van der Waals surface area contributed by atoms with Crippen molar-refractivity contribution in [2.45, 2.75) is 26.8 Å². The minimum absolute atomic E-state index is 0.101. The topological polar surface area (TPSA) is 55.1 Å². The van der Waals surface area contributed by atoms with Crippen molar-refractivity contribution in [2.75, 3.05) is 0 Å². The van der Waals surface area contributed by atoms with Crippen LogP contribution in [0, 0.1) is 13.8 Å². The third-order valence-corrected chi connectivity index (χ3v) is 4.13. The van der Waals surface area contributed by atoms with Gasteiger partial charge in [0.2, 0.25) is 0 Å². The predicted molar refractivity (Wildman–Crippen MR) is 93.7 cm³/mol. The first-order valence-electron chi connectivity index (χ1n) is 7.95. The van der Waals surface area contributed by atoms with E-state index in [1.807, 2.05) is 37.3 Å². The van der Waals surface area contributed by atoms with Gasteiger partial charge in [0, 0.05) is 0 Å². The van der Waals surface area contributed by atoms with Gasteiger partial charge in [-0.05, 0) is 37.5 Å². The number of nitrogens with one attached hydrogen (secondary N) is 1. The van der Waals surface area contributed by atoms with Gasteiger partial charge in [0.15, 0.2) is 0 Å². The Morgan fingerprint density at radius 1 is 1.00 bits per heavy atom. The number of aromatic nitrogens is 1. The molecular formula is C20H20N2O2. The lowest BCUT2D eigenvalue weighted by atomic mass is 10.0. The molecule has 24 heavy (non-hydrogen) atoms. The second-order valence-electron chi connectivity index (χ2n) is 5.88. The summed E-state index contributed by atoms with van der Waals surface area (Å²) in [6.07, 6.45) is 0. The highest BCUT2D eigenvalue weighted by Crippen LogP contribution is 2.22. The van der Waals surface area contributed by atoms with Gasteiger partial charge in [-0.2, -0.15) is 0 Å². The molecule has 4 nitrogen and oxygen atoms in total. The summed E-state index contributed by atoms with van der Waals surface area (Å²) in [5, 5.41) is 6.83. The van der Waals surface area contributed by atoms with Gasteiger partial charge < -0.3 is 9.84 Å². The fraction of sp³-hybridized carbons (Fsp3) is 0.200. The quantitative estimate of drug-likeness (QED) is 0.772. The Balaban J connectivity index is 1.74. The number of nitrogens with zero attached hydrogens (tertiary/aromatic N) is 1. The number of hydrogen-bond acceptors (Lipinski definition) is 3. The van der Waals surface area contributed by atoms with Crippen molar-refractivity contribution >= 4 is 5.91 Å². The molecular weight excluding hydrogens is 300 g/mol. The van der Waals surface area contributed by atoms with Crippen LogP contribution in [0.5, 0.6) is 0 Å². The molecule has 1 N–H and O–H groups in total. The van der Waals surface area contributed by atoms with Crippen LogP contribution in [0.3, 0.4) is 0 Å². The van der Waals surface area contributed by atoms with Crippen LogP contribution in [0.1, 0.15) is 40.3 Å². The van der Waals surface area contributed by atoms with Gasteiger partial charge in [0.05, 0.1) is 11.7 Å². The van der Waals surface area contributed by atoms with Crippen LogP contribution in [-0.4, -0.2) is 11.1 Å². The van der Waals surface area contributed by atoms with E-state index in [1.165, 1.54) is 5.56 Å². The average Bonchev–Trinajstić information content (AvgIpc) is 2.94. The first-order chi connectivity index (χ1) is 11.6. The van der Waals surface area contributed by atoms with E-state index in [4.69, 9.17) is 4.52 Å². The lowest BCUT2D eigenvalue weighted by Gasteiger charge is -2.15. The zero-order chi connectivity index (χ0) is 17.1. The molecule has 3 rings (SSSR count). The zero-order valence-electron chi connectivity index (χ0n) is 14.0. The van der Waals surface area contributed by atoms with Crippen LogP contribution in [0.4, 0.5) is 0 Å². The molecule has 3 aromatic rings. The molecule has 0 aliphatic rings. The maximum absolute atomic E-state index is 12.4. The Bertz CT molecular complexity index is 816. The highest BCUT2D eigenvalue weighted by molar-refractivity contribution is 5.96. The second kappa shape index (κ2) is 6.71. The summed E-state index contributed by atoms with van der Waals surface area (Å²) in [7, 11) is 0. The fourth-order valence-electron chi connectivity index (χ4n) is 2.75. The number of amides is 1. The summed E-state index contributed by atoms with van der Waals surface area (Å²) in [5.74, 6) is 0.377. The molecule has 0 saturated carbocycles. The SMILES string of the molecule is Cc1noc(C)c1C(=O)N[C@@H](C)c1ccc(-c2ccccc2)cc1. The Morgan fingerprint density at radius 2 is 1.62 bits per heavy atom. The molecule has 0 unspecified atom stereocenters. The largest absolute Gasteiger partial charge is 0.361 e. The molecule has 0 fully saturated rings. The number of aryl methyl sites for hydroxylation is 2. The van der Waals surface area contributed by atoms with E-state index in [9.17, 15) is 4.79 Å². The smallest absolute Gasteiger partial charge is 0.257 e. The number of carbonyl (C=O) groups excluding carboxylic acids is 1. The molecule has 1 atom stereocenters. The van der Waals surface area contributed by atoms with Crippen molar-refractivity contribution in [3.05, 3.63) is 77.2 Å². The maximum atomic E-state index is 12.4. The molecule has 0 bridgehead atoms. The van der Waals surface area contributed by atoms with Crippen molar-refractivity contribution in [1.82, 2.24) is 10.5 Å². The summed E-state index contributed by atoms with van der Waals surface area (Å²) in [4.78, 5) is 12.4. The van der Waals surface area contributed by atoms with Crippen molar-refractivity contribution < 1.29 is 9.32 Å². The van der Waals surface area contributed by atoms with Crippen LogP contribution < -0.4 is 5.32 Å². The van der Waals surface area contributed by atoms with Gasteiger partial charge in [-0.3, -0.25) is 4.79 Å². The van der Waals surface area contributed by atoms with E-state index in [-0.39, 0.29) is 11.9 Å². The number of hydrogen-bond donors (Lipinski definition) is 1. The number of carbonyl (C=O) groups is 1. The third-order valence-electron chi connectivity index (χ3n) is 4.13. The summed E-state index contributed by atoms with van der Waals surface area (Å²) < 4.78 is 5.06. The van der Waals surface area contributed by atoms with E-state index >= 15 is 0 Å². The van der Waals surface area contributed by atoms with Crippen LogP contribution in [-0.2, 0) is 0 Å². The predicted octanol–water partition coefficient (Wildman–Crippen LogP) is 4.45. The Kier molecular flexibility index (Phi) is 4.47. The van der Waals surface area contributed by atoms with Gasteiger partial charge in [-0.25, -0.2) is 0 Å². The van der Waals surface area contributed by atoms with Gasteiger partial charge in [-0.1, -0.05) is 59.8 Å². The van der Waals surface area contributed by atoms with Crippen LogP contribution in [0.2, 0.25) is 0 Å². The molecule has 0 radical (unpaired) electrons. The van der Waals surface area contributed by atoms with Crippen LogP contribution in [0.25, 0.3) is 11.1 Å². The summed E-state index contributed by atoms with van der Waals surface area (Å²) in [6.45, 7) is 5.48. The first-order valence-corrected chi connectivity index (χ1v) is 7.95. The molecule has 0 aliphatic heterocycles. The van der Waals surface area contributed by atoms with Gasteiger partial charge in [0.25, 0.3) is 5.91 Å². The fourth-order valence-corrected chi connectivity index (χ4v) is 2.75. The summed E-state index contributed by atoms with van der Waals surface area (Å²) >= 11 is 0. The number of rotatable bonds is 4. The van der Waals surface area contributed by atoms with Crippen molar-refractivity contribution in [2.24, 2.45) is 0 Å². The summed E-state index contributed by atoms with van der Waals surface area (Å²) in [5.41, 5.74) is 4.51. The molecule has 0 saturated heterocycles. The van der Waals surface area contributed by atoms with Crippen LogP contribution in [0.15, 0.2) is 59.1 Å². The lowest BCUT2D eigenvalue weighted by molar-refractivity contribution is 0.0938. The molecule has 122 valence electrons. The first kappa shape index (κ1) is 16.0. The Morgan fingerprint density at radius 3 is 2.21 bits per heavy atom. The van der Waals surface area contributed by atoms with Crippen molar-refractivity contribution in [1.29, 1.82) is 0 Å². The van der Waals surface area contributed by atoms with Crippen LogP contribution >= 0.6 is 0 Å². The van der Waals surface area contributed by atoms with E-state index in [0.29, 0.717) is 17.0 Å². The minimum Gasteiger partial charge on any atom is -0.361 e. The molecule has 2 aromatic carbocycles. The van der Waals surface area contributed by atoms with Crippen molar-refractivity contribution in [3.63, 3.8) is 0 Å². The minimum atomic E-state index is -0.161. The normalized spacial score (nSPS) is 12.0. The van der Waals surface area contributed by atoms with E-state index < -0.39 is 0 Å². The lowest BCUT2D eigenvalue weighted by Crippen LogP contribution is -2.27. The zero-order valence-corrected chi connectivity index (χ0v) is 14.0. The van der Waals surface area contributed by atoms with Gasteiger partial charge in [0.1, 0.15) is 11.3 Å². The molecule has 0 spiro atoms. The Hall–Kier alpha value is -2.88. The van der Waals surface area contributed by atoms with E-state index in [2.05, 4.69) is 34.7 Å². The van der Waals surface area contributed by atoms with E-state index in [0.717, 1.165) is 11.1 Å². The standard InChI is InChI=1S/C20H20N2O2/c1-13(21-20(23)19-14(2)22-24-15(19)3)16-9-11-18(12-10-16)17-7-5-4-6-8-17/h4-13H,1-3H3,(H,21,23)/t13-/m0/s1. The molecule has 1 heterocycles. The Labute approximate surface area is 141 Å². The van der Waals surface area contributed by atoms with Crippen molar-refractivity contribution in [3.8, 4) is 11.1 Å².